The molecule has 1 rings (SSSR count). The number of carbonyl (C=O) groups is 1. The molecular formula is C14H28N2O2. The Morgan fingerprint density at radius 2 is 2.17 bits per heavy atom. The number of likely N-dealkylation sites (N-methyl/N-ethyl adjacent to an activating group) is 1. The van der Waals surface area contributed by atoms with Crippen molar-refractivity contribution in [1.29, 1.82) is 0 Å². The molecule has 0 aromatic rings. The maximum atomic E-state index is 11.9. The summed E-state index contributed by atoms with van der Waals surface area (Å²) in [4.78, 5) is 14.2. The van der Waals surface area contributed by atoms with Crippen LogP contribution in [0.3, 0.4) is 0 Å². The van der Waals surface area contributed by atoms with Gasteiger partial charge in [-0.25, -0.2) is 0 Å². The van der Waals surface area contributed by atoms with Gasteiger partial charge in [0.25, 0.3) is 0 Å². The Balaban J connectivity index is 2.35. The SMILES string of the molecule is CCOC(=O)C(C)(CCN(C)CC1CC1C)NC. The van der Waals surface area contributed by atoms with Crippen LogP contribution < -0.4 is 5.32 Å². The average molecular weight is 256 g/mol. The molecule has 0 amide bonds. The van der Waals surface area contributed by atoms with E-state index in [4.69, 9.17) is 4.74 Å². The van der Waals surface area contributed by atoms with Crippen molar-refractivity contribution in [3.8, 4) is 0 Å². The summed E-state index contributed by atoms with van der Waals surface area (Å²) in [6.07, 6.45) is 2.13. The van der Waals surface area contributed by atoms with E-state index in [1.807, 2.05) is 20.9 Å². The number of nitrogens with zero attached hydrogens (tertiary/aromatic N) is 1. The monoisotopic (exact) mass is 256 g/mol. The molecule has 1 fully saturated rings. The average Bonchev–Trinajstić information content (AvgIpc) is 3.02. The van der Waals surface area contributed by atoms with Crippen molar-refractivity contribution >= 4 is 5.97 Å². The number of nitrogens with one attached hydrogen (secondary N) is 1. The molecule has 3 unspecified atom stereocenters. The maximum absolute atomic E-state index is 11.9. The van der Waals surface area contributed by atoms with Gasteiger partial charge in [-0.1, -0.05) is 6.92 Å². The Bertz CT molecular complexity index is 283. The molecule has 1 aliphatic carbocycles. The van der Waals surface area contributed by atoms with E-state index < -0.39 is 5.54 Å². The lowest BCUT2D eigenvalue weighted by atomic mass is 9.98. The van der Waals surface area contributed by atoms with Crippen molar-refractivity contribution in [2.45, 2.75) is 39.2 Å². The first-order valence-electron chi connectivity index (χ1n) is 6.97. The highest BCUT2D eigenvalue weighted by Gasteiger charge is 2.35. The second-order valence-corrected chi connectivity index (χ2v) is 5.79. The second kappa shape index (κ2) is 6.53. The second-order valence-electron chi connectivity index (χ2n) is 5.79. The van der Waals surface area contributed by atoms with Crippen molar-refractivity contribution < 1.29 is 9.53 Å². The largest absolute Gasteiger partial charge is 0.465 e. The predicted octanol–water partition coefficient (Wildman–Crippen LogP) is 1.51. The molecule has 3 atom stereocenters. The van der Waals surface area contributed by atoms with Crippen LogP contribution in [0, 0.1) is 11.8 Å². The molecule has 0 aromatic carbocycles. The van der Waals surface area contributed by atoms with E-state index in [9.17, 15) is 4.79 Å². The summed E-state index contributed by atoms with van der Waals surface area (Å²) in [5.41, 5.74) is -0.570. The molecule has 0 aromatic heterocycles. The molecule has 4 heteroatoms. The first-order valence-corrected chi connectivity index (χ1v) is 6.97. The molecule has 0 saturated heterocycles. The third kappa shape index (κ3) is 4.25. The summed E-state index contributed by atoms with van der Waals surface area (Å²) in [7, 11) is 3.95. The van der Waals surface area contributed by atoms with Gasteiger partial charge in [0.05, 0.1) is 6.61 Å². The minimum atomic E-state index is -0.570. The van der Waals surface area contributed by atoms with E-state index in [1.54, 1.807) is 0 Å². The summed E-state index contributed by atoms with van der Waals surface area (Å²) in [6.45, 7) is 8.55. The smallest absolute Gasteiger partial charge is 0.326 e. The first-order chi connectivity index (χ1) is 8.42. The Kier molecular flexibility index (Phi) is 5.60. The van der Waals surface area contributed by atoms with Crippen LogP contribution >= 0.6 is 0 Å². The highest BCUT2D eigenvalue weighted by molar-refractivity contribution is 5.80. The van der Waals surface area contributed by atoms with Crippen LogP contribution in [-0.2, 0) is 9.53 Å². The van der Waals surface area contributed by atoms with E-state index in [0.29, 0.717) is 6.61 Å². The fraction of sp³-hybridized carbons (Fsp3) is 0.929. The Hall–Kier alpha value is -0.610. The molecule has 0 radical (unpaired) electrons. The third-order valence-corrected chi connectivity index (χ3v) is 4.09. The molecular weight excluding hydrogens is 228 g/mol. The summed E-state index contributed by atoms with van der Waals surface area (Å²) >= 11 is 0. The molecule has 1 saturated carbocycles. The van der Waals surface area contributed by atoms with Crippen molar-refractivity contribution in [2.24, 2.45) is 11.8 Å². The summed E-state index contributed by atoms with van der Waals surface area (Å²) < 4.78 is 5.12. The highest BCUT2D eigenvalue weighted by Crippen LogP contribution is 2.37. The van der Waals surface area contributed by atoms with Crippen LogP contribution in [0.2, 0.25) is 0 Å². The zero-order valence-electron chi connectivity index (χ0n) is 12.5. The standard InChI is InChI=1S/C14H28N2O2/c1-6-18-13(17)14(3,15-4)7-8-16(5)10-12-9-11(12)2/h11-12,15H,6-10H2,1-5H3. The molecule has 4 nitrogen and oxygen atoms in total. The fourth-order valence-corrected chi connectivity index (χ4v) is 2.18. The lowest BCUT2D eigenvalue weighted by Gasteiger charge is -2.29. The van der Waals surface area contributed by atoms with Gasteiger partial charge in [-0.3, -0.25) is 4.79 Å². The van der Waals surface area contributed by atoms with Crippen LogP contribution in [0.15, 0.2) is 0 Å². The fourth-order valence-electron chi connectivity index (χ4n) is 2.18. The summed E-state index contributed by atoms with van der Waals surface area (Å²) in [5, 5.41) is 3.09. The van der Waals surface area contributed by atoms with Gasteiger partial charge in [-0.05, 0) is 52.6 Å². The lowest BCUT2D eigenvalue weighted by Crippen LogP contribution is -2.50. The number of esters is 1. The molecule has 1 N–H and O–H groups in total. The number of hydrogen-bond donors (Lipinski definition) is 1. The van der Waals surface area contributed by atoms with Crippen molar-refractivity contribution in [3.63, 3.8) is 0 Å². The highest BCUT2D eigenvalue weighted by atomic mass is 16.5. The van der Waals surface area contributed by atoms with E-state index in [-0.39, 0.29) is 5.97 Å². The van der Waals surface area contributed by atoms with Gasteiger partial charge < -0.3 is 15.0 Å². The minimum absolute atomic E-state index is 0.152. The van der Waals surface area contributed by atoms with E-state index in [1.165, 1.54) is 6.42 Å². The minimum Gasteiger partial charge on any atom is -0.465 e. The lowest BCUT2D eigenvalue weighted by molar-refractivity contribution is -0.150. The van der Waals surface area contributed by atoms with Gasteiger partial charge in [0.1, 0.15) is 5.54 Å². The third-order valence-electron chi connectivity index (χ3n) is 4.09. The van der Waals surface area contributed by atoms with Crippen LogP contribution in [0.5, 0.6) is 0 Å². The number of hydrogen-bond acceptors (Lipinski definition) is 4. The van der Waals surface area contributed by atoms with Gasteiger partial charge in [0.2, 0.25) is 0 Å². The van der Waals surface area contributed by atoms with Gasteiger partial charge in [0, 0.05) is 13.1 Å². The van der Waals surface area contributed by atoms with E-state index >= 15 is 0 Å². The number of carbonyl (C=O) groups excluding carboxylic acids is 1. The predicted molar refractivity (Wildman–Crippen MR) is 73.5 cm³/mol. The molecule has 18 heavy (non-hydrogen) atoms. The quantitative estimate of drug-likeness (QED) is 0.668. The normalized spacial score (nSPS) is 25.9. The molecule has 0 bridgehead atoms. The molecule has 0 heterocycles. The van der Waals surface area contributed by atoms with E-state index in [0.717, 1.165) is 31.3 Å². The van der Waals surface area contributed by atoms with E-state index in [2.05, 4.69) is 24.2 Å². The first kappa shape index (κ1) is 15.4. The summed E-state index contributed by atoms with van der Waals surface area (Å²) in [5.74, 6) is 1.59. The summed E-state index contributed by atoms with van der Waals surface area (Å²) in [6, 6.07) is 0. The van der Waals surface area contributed by atoms with Crippen LogP contribution in [0.4, 0.5) is 0 Å². The van der Waals surface area contributed by atoms with Crippen LogP contribution in [0.25, 0.3) is 0 Å². The number of ether oxygens (including phenoxy) is 1. The zero-order chi connectivity index (χ0) is 13.8. The Labute approximate surface area is 111 Å². The molecule has 1 aliphatic rings. The Morgan fingerprint density at radius 1 is 1.56 bits per heavy atom. The topological polar surface area (TPSA) is 41.6 Å². The van der Waals surface area contributed by atoms with Crippen LogP contribution in [-0.4, -0.2) is 50.2 Å². The van der Waals surface area contributed by atoms with Gasteiger partial charge in [-0.15, -0.1) is 0 Å². The van der Waals surface area contributed by atoms with Gasteiger partial charge in [-0.2, -0.15) is 0 Å². The molecule has 0 aliphatic heterocycles. The molecule has 0 spiro atoms. The van der Waals surface area contributed by atoms with Crippen molar-refractivity contribution in [2.75, 3.05) is 33.8 Å². The molecule has 106 valence electrons. The van der Waals surface area contributed by atoms with Crippen LogP contribution in [0.1, 0.15) is 33.6 Å². The Morgan fingerprint density at radius 3 is 2.61 bits per heavy atom. The van der Waals surface area contributed by atoms with Crippen molar-refractivity contribution in [3.05, 3.63) is 0 Å². The number of rotatable bonds is 8. The van der Waals surface area contributed by atoms with Crippen molar-refractivity contribution in [1.82, 2.24) is 10.2 Å². The van der Waals surface area contributed by atoms with Gasteiger partial charge in [0.15, 0.2) is 0 Å². The van der Waals surface area contributed by atoms with Gasteiger partial charge >= 0.3 is 5.97 Å². The zero-order valence-corrected chi connectivity index (χ0v) is 12.5. The maximum Gasteiger partial charge on any atom is 0.326 e.